The fourth-order valence-corrected chi connectivity index (χ4v) is 8.76. The highest BCUT2D eigenvalue weighted by Crippen LogP contribution is 2.44. The molecule has 0 atom stereocenters. The van der Waals surface area contributed by atoms with E-state index in [2.05, 4.69) is 20.8 Å². The number of hydrogen-bond acceptors (Lipinski definition) is 2. The molecule has 0 aromatic heterocycles. The zero-order valence-corrected chi connectivity index (χ0v) is 14.2. The van der Waals surface area contributed by atoms with Gasteiger partial charge in [0.05, 0.1) is 0 Å². The molecule has 0 aromatic rings. The van der Waals surface area contributed by atoms with Crippen LogP contribution in [-0.4, -0.2) is 14.3 Å². The maximum Gasteiger partial charge on any atom is 0.292 e. The summed E-state index contributed by atoms with van der Waals surface area (Å²) in [5, 5.41) is 0. The van der Waals surface area contributed by atoms with Crippen LogP contribution in [0.1, 0.15) is 78.6 Å². The molecule has 0 bridgehead atoms. The van der Waals surface area contributed by atoms with E-state index in [0.717, 1.165) is 18.4 Å². The molecule has 1 aliphatic carbocycles. The van der Waals surface area contributed by atoms with Crippen molar-refractivity contribution in [1.29, 1.82) is 0 Å². The second kappa shape index (κ2) is 8.78. The first-order valence-corrected chi connectivity index (χ1v) is 10.8. The minimum atomic E-state index is -1.83. The third-order valence-corrected chi connectivity index (χ3v) is 9.89. The molecule has 0 amide bonds. The predicted octanol–water partition coefficient (Wildman–Crippen LogP) is 5.43. The molecule has 0 aliphatic heterocycles. The number of carbonyl (C=O) groups excluding carboxylic acids is 1. The standard InChI is InChI=1S/C16H32O2Si/c1-4-7-12-16(17)18-19(13-5-2,14-6-3)15-10-8-9-11-15/h15H,4-14H2,1-3H3. The summed E-state index contributed by atoms with van der Waals surface area (Å²) in [6, 6.07) is 2.37. The lowest BCUT2D eigenvalue weighted by atomic mass is 10.3. The topological polar surface area (TPSA) is 26.3 Å². The van der Waals surface area contributed by atoms with Crippen LogP contribution in [0.2, 0.25) is 17.6 Å². The van der Waals surface area contributed by atoms with Crippen LogP contribution in [0.15, 0.2) is 0 Å². The summed E-state index contributed by atoms with van der Waals surface area (Å²) in [6.07, 6.45) is 10.3. The van der Waals surface area contributed by atoms with Gasteiger partial charge < -0.3 is 4.43 Å². The molecule has 1 fully saturated rings. The first-order chi connectivity index (χ1) is 9.18. The Labute approximate surface area is 120 Å². The van der Waals surface area contributed by atoms with Crippen molar-refractivity contribution in [2.45, 2.75) is 96.2 Å². The minimum absolute atomic E-state index is 0.0994. The lowest BCUT2D eigenvalue weighted by molar-refractivity contribution is -0.135. The Hall–Kier alpha value is -0.313. The molecule has 19 heavy (non-hydrogen) atoms. The molecule has 1 rings (SSSR count). The van der Waals surface area contributed by atoms with Crippen molar-refractivity contribution in [3.05, 3.63) is 0 Å². The lowest BCUT2D eigenvalue weighted by Crippen LogP contribution is -2.44. The van der Waals surface area contributed by atoms with Gasteiger partial charge in [0.2, 0.25) is 0 Å². The Bertz CT molecular complexity index is 253. The Balaban J connectivity index is 2.72. The van der Waals surface area contributed by atoms with Crippen molar-refractivity contribution >= 4 is 14.3 Å². The second-order valence-electron chi connectivity index (χ2n) is 6.12. The second-order valence-corrected chi connectivity index (χ2v) is 10.3. The zero-order chi connectivity index (χ0) is 14.1. The molecule has 0 radical (unpaired) electrons. The van der Waals surface area contributed by atoms with E-state index in [1.165, 1.54) is 50.6 Å². The molecule has 0 spiro atoms. The van der Waals surface area contributed by atoms with Crippen LogP contribution in [0, 0.1) is 0 Å². The summed E-state index contributed by atoms with van der Waals surface area (Å²) in [6.45, 7) is 6.62. The summed E-state index contributed by atoms with van der Waals surface area (Å²) < 4.78 is 6.20. The summed E-state index contributed by atoms with van der Waals surface area (Å²) in [5.41, 5.74) is 0.748. The maximum atomic E-state index is 12.1. The number of unbranched alkanes of at least 4 members (excludes halogenated alkanes) is 1. The van der Waals surface area contributed by atoms with Gasteiger partial charge in [-0.3, -0.25) is 4.79 Å². The van der Waals surface area contributed by atoms with Gasteiger partial charge in [-0.15, -0.1) is 0 Å². The van der Waals surface area contributed by atoms with Crippen molar-refractivity contribution in [3.63, 3.8) is 0 Å². The first-order valence-electron chi connectivity index (χ1n) is 8.40. The predicted molar refractivity (Wildman–Crippen MR) is 83.8 cm³/mol. The van der Waals surface area contributed by atoms with Gasteiger partial charge in [-0.05, 0) is 36.9 Å². The smallest absolute Gasteiger partial charge is 0.292 e. The summed E-state index contributed by atoms with van der Waals surface area (Å²) >= 11 is 0. The molecule has 0 aromatic carbocycles. The van der Waals surface area contributed by atoms with Crippen LogP contribution in [-0.2, 0) is 9.22 Å². The number of rotatable bonds is 9. The van der Waals surface area contributed by atoms with E-state index in [1.54, 1.807) is 0 Å². The van der Waals surface area contributed by atoms with Crippen LogP contribution in [0.25, 0.3) is 0 Å². The third kappa shape index (κ3) is 4.94. The van der Waals surface area contributed by atoms with E-state index < -0.39 is 8.32 Å². The van der Waals surface area contributed by atoms with Crippen LogP contribution in [0.4, 0.5) is 0 Å². The number of hydrogen-bond donors (Lipinski definition) is 0. The molecule has 0 saturated heterocycles. The summed E-state index contributed by atoms with van der Waals surface area (Å²) in [4.78, 5) is 12.1. The number of carbonyl (C=O) groups is 1. The SMILES string of the molecule is CCCCC(=O)O[Si](CCC)(CCC)C1CCCC1. The third-order valence-electron chi connectivity index (χ3n) is 4.50. The van der Waals surface area contributed by atoms with Crippen LogP contribution >= 0.6 is 0 Å². The maximum absolute atomic E-state index is 12.1. The van der Waals surface area contributed by atoms with Crippen molar-refractivity contribution < 1.29 is 9.22 Å². The van der Waals surface area contributed by atoms with Crippen molar-refractivity contribution in [2.75, 3.05) is 0 Å². The molecule has 0 unspecified atom stereocenters. The van der Waals surface area contributed by atoms with Crippen molar-refractivity contribution in [2.24, 2.45) is 0 Å². The lowest BCUT2D eigenvalue weighted by Gasteiger charge is -2.36. The van der Waals surface area contributed by atoms with Crippen molar-refractivity contribution in [3.8, 4) is 0 Å². The van der Waals surface area contributed by atoms with Gasteiger partial charge in [0.1, 0.15) is 0 Å². The molecular formula is C16H32O2Si. The van der Waals surface area contributed by atoms with E-state index in [0.29, 0.717) is 6.42 Å². The van der Waals surface area contributed by atoms with Crippen LogP contribution < -0.4 is 0 Å². The monoisotopic (exact) mass is 284 g/mol. The average Bonchev–Trinajstić information content (AvgIpc) is 2.91. The Morgan fingerprint density at radius 3 is 2.11 bits per heavy atom. The van der Waals surface area contributed by atoms with E-state index in [-0.39, 0.29) is 5.97 Å². The molecule has 1 aliphatic rings. The Morgan fingerprint density at radius 1 is 1.05 bits per heavy atom. The van der Waals surface area contributed by atoms with E-state index in [4.69, 9.17) is 4.43 Å². The van der Waals surface area contributed by atoms with Gasteiger partial charge in [-0.25, -0.2) is 0 Å². The highest BCUT2D eigenvalue weighted by atomic mass is 28.4. The fourth-order valence-electron chi connectivity index (χ4n) is 3.62. The quantitative estimate of drug-likeness (QED) is 0.528. The summed E-state index contributed by atoms with van der Waals surface area (Å²) in [5.74, 6) is 0.0994. The van der Waals surface area contributed by atoms with Gasteiger partial charge in [0.25, 0.3) is 14.3 Å². The molecule has 112 valence electrons. The van der Waals surface area contributed by atoms with Gasteiger partial charge in [-0.2, -0.15) is 0 Å². The normalized spacial score (nSPS) is 16.8. The molecular weight excluding hydrogens is 252 g/mol. The van der Waals surface area contributed by atoms with Gasteiger partial charge >= 0.3 is 0 Å². The van der Waals surface area contributed by atoms with E-state index in [1.807, 2.05) is 0 Å². The molecule has 1 saturated carbocycles. The van der Waals surface area contributed by atoms with E-state index in [9.17, 15) is 4.79 Å². The highest BCUT2D eigenvalue weighted by molar-refractivity contribution is 6.76. The molecule has 0 heterocycles. The molecule has 0 N–H and O–H groups in total. The average molecular weight is 285 g/mol. The molecule has 2 nitrogen and oxygen atoms in total. The van der Waals surface area contributed by atoms with Crippen molar-refractivity contribution in [1.82, 2.24) is 0 Å². The fraction of sp³-hybridized carbons (Fsp3) is 0.938. The zero-order valence-electron chi connectivity index (χ0n) is 13.2. The largest absolute Gasteiger partial charge is 0.519 e. The van der Waals surface area contributed by atoms with Crippen LogP contribution in [0.3, 0.4) is 0 Å². The van der Waals surface area contributed by atoms with Gasteiger partial charge in [0.15, 0.2) is 0 Å². The Morgan fingerprint density at radius 2 is 1.63 bits per heavy atom. The minimum Gasteiger partial charge on any atom is -0.519 e. The first kappa shape index (κ1) is 16.7. The van der Waals surface area contributed by atoms with Gasteiger partial charge in [0, 0.05) is 6.42 Å². The summed E-state index contributed by atoms with van der Waals surface area (Å²) in [7, 11) is -1.83. The Kier molecular flexibility index (Phi) is 7.73. The molecule has 3 heteroatoms. The highest BCUT2D eigenvalue weighted by Gasteiger charge is 2.45. The van der Waals surface area contributed by atoms with Gasteiger partial charge in [-0.1, -0.05) is 52.9 Å². The van der Waals surface area contributed by atoms with Crippen LogP contribution in [0.5, 0.6) is 0 Å². The van der Waals surface area contributed by atoms with E-state index >= 15 is 0 Å².